The van der Waals surface area contributed by atoms with Crippen LogP contribution in [0.25, 0.3) is 10.8 Å². The maximum absolute atomic E-state index is 15.3. The molecule has 30 heavy (non-hydrogen) atoms. The summed E-state index contributed by atoms with van der Waals surface area (Å²) in [4.78, 5) is 0. The van der Waals surface area contributed by atoms with Gasteiger partial charge in [-0.1, -0.05) is 50.5 Å². The summed E-state index contributed by atoms with van der Waals surface area (Å²) < 4.78 is 73.6. The predicted molar refractivity (Wildman–Crippen MR) is 106 cm³/mol. The van der Waals surface area contributed by atoms with Crippen molar-refractivity contribution in [3.05, 3.63) is 41.5 Å². The van der Waals surface area contributed by atoms with Crippen molar-refractivity contribution in [3.8, 4) is 5.75 Å². The first-order chi connectivity index (χ1) is 14.3. The number of fused-ring (bicyclic) bond motifs is 2. The summed E-state index contributed by atoms with van der Waals surface area (Å²) in [5.41, 5.74) is -0.234. The third-order valence-electron chi connectivity index (χ3n) is 7.13. The van der Waals surface area contributed by atoms with Crippen LogP contribution in [0.5, 0.6) is 5.75 Å². The van der Waals surface area contributed by atoms with Crippen LogP contribution in [0.3, 0.4) is 0 Å². The molecule has 4 unspecified atom stereocenters. The highest BCUT2D eigenvalue weighted by molar-refractivity contribution is 5.90. The highest BCUT2D eigenvalue weighted by Gasteiger charge is 2.40. The molecule has 2 fully saturated rings. The zero-order valence-electron chi connectivity index (χ0n) is 17.1. The minimum atomic E-state index is -5.05. The number of halogens is 5. The van der Waals surface area contributed by atoms with Crippen molar-refractivity contribution in [3.63, 3.8) is 0 Å². The minimum absolute atomic E-state index is 0.0260. The molecular formula is C24H27F5O. The van der Waals surface area contributed by atoms with Gasteiger partial charge >= 0.3 is 6.36 Å². The summed E-state index contributed by atoms with van der Waals surface area (Å²) in [6.45, 7) is 2.19. The minimum Gasteiger partial charge on any atom is -0.402 e. The Morgan fingerprint density at radius 3 is 2.27 bits per heavy atom. The van der Waals surface area contributed by atoms with Crippen LogP contribution in [0, 0.1) is 29.4 Å². The van der Waals surface area contributed by atoms with Crippen molar-refractivity contribution in [2.45, 2.75) is 70.6 Å². The first-order valence-electron chi connectivity index (χ1n) is 10.9. The van der Waals surface area contributed by atoms with E-state index in [4.69, 9.17) is 0 Å². The maximum Gasteiger partial charge on any atom is 0.573 e. The maximum atomic E-state index is 15.3. The van der Waals surface area contributed by atoms with Gasteiger partial charge in [0.25, 0.3) is 0 Å². The molecule has 2 aliphatic rings. The molecule has 2 saturated carbocycles. The molecule has 0 radical (unpaired) electrons. The van der Waals surface area contributed by atoms with Gasteiger partial charge in [-0.3, -0.25) is 0 Å². The Hall–Kier alpha value is -1.85. The molecule has 0 aromatic heterocycles. The molecular weight excluding hydrogens is 399 g/mol. The first kappa shape index (κ1) is 21.4. The van der Waals surface area contributed by atoms with Gasteiger partial charge in [0.15, 0.2) is 11.6 Å². The SMILES string of the molecule is CCCC1CCC2CC(c3c(F)c(OC(F)(F)F)c4ccccc4c3F)CCC2C1. The smallest absolute Gasteiger partial charge is 0.402 e. The second-order valence-corrected chi connectivity index (χ2v) is 8.96. The van der Waals surface area contributed by atoms with Crippen LogP contribution in [-0.2, 0) is 0 Å². The lowest BCUT2D eigenvalue weighted by atomic mass is 9.63. The zero-order valence-corrected chi connectivity index (χ0v) is 17.1. The van der Waals surface area contributed by atoms with E-state index in [9.17, 15) is 13.2 Å². The van der Waals surface area contributed by atoms with E-state index in [2.05, 4.69) is 11.7 Å². The first-order valence-corrected chi connectivity index (χ1v) is 10.9. The van der Waals surface area contributed by atoms with Crippen molar-refractivity contribution in [2.75, 3.05) is 0 Å². The van der Waals surface area contributed by atoms with E-state index < -0.39 is 29.7 Å². The lowest BCUT2D eigenvalue weighted by molar-refractivity contribution is -0.275. The number of benzene rings is 2. The summed E-state index contributed by atoms with van der Waals surface area (Å²) >= 11 is 0. The second kappa shape index (κ2) is 8.35. The molecule has 2 aromatic rings. The van der Waals surface area contributed by atoms with E-state index in [1.807, 2.05) is 0 Å². The number of ether oxygens (including phenoxy) is 1. The van der Waals surface area contributed by atoms with E-state index >= 15 is 8.78 Å². The summed E-state index contributed by atoms with van der Waals surface area (Å²) in [7, 11) is 0. The highest BCUT2D eigenvalue weighted by atomic mass is 19.4. The second-order valence-electron chi connectivity index (χ2n) is 8.96. The van der Waals surface area contributed by atoms with E-state index in [1.54, 1.807) is 0 Å². The molecule has 2 aromatic carbocycles. The van der Waals surface area contributed by atoms with Crippen molar-refractivity contribution in [1.29, 1.82) is 0 Å². The van der Waals surface area contributed by atoms with Gasteiger partial charge in [0, 0.05) is 16.3 Å². The summed E-state index contributed by atoms with van der Waals surface area (Å²) in [5.74, 6) is -1.61. The molecule has 4 rings (SSSR count). The Morgan fingerprint density at radius 2 is 1.57 bits per heavy atom. The molecule has 4 atom stereocenters. The van der Waals surface area contributed by atoms with Crippen LogP contribution >= 0.6 is 0 Å². The van der Waals surface area contributed by atoms with Crippen LogP contribution in [0.1, 0.15) is 69.8 Å². The molecule has 0 heterocycles. The van der Waals surface area contributed by atoms with Crippen LogP contribution < -0.4 is 4.74 Å². The summed E-state index contributed by atoms with van der Waals surface area (Å²) in [5, 5.41) is -0.218. The average molecular weight is 426 g/mol. The fourth-order valence-electron chi connectivity index (χ4n) is 5.85. The molecule has 164 valence electrons. The molecule has 6 heteroatoms. The van der Waals surface area contributed by atoms with Crippen molar-refractivity contribution in [2.24, 2.45) is 17.8 Å². The van der Waals surface area contributed by atoms with E-state index in [0.29, 0.717) is 24.7 Å². The largest absolute Gasteiger partial charge is 0.573 e. The standard InChI is InChI=1S/C24H27F5O/c1-2-5-14-8-9-16-13-17(11-10-15(16)12-14)20-21(25)18-6-3-4-7-19(18)23(22(20)26)30-24(27,28)29/h3-4,6-7,14-17H,2,5,8-13H2,1H3. The summed E-state index contributed by atoms with van der Waals surface area (Å²) in [6.07, 6.45) is 2.76. The molecule has 0 bridgehead atoms. The summed E-state index contributed by atoms with van der Waals surface area (Å²) in [6, 6.07) is 5.64. The third-order valence-corrected chi connectivity index (χ3v) is 7.13. The molecule has 0 saturated heterocycles. The van der Waals surface area contributed by atoms with Gasteiger partial charge in [0.2, 0.25) is 0 Å². The quantitative estimate of drug-likeness (QED) is 0.449. The van der Waals surface area contributed by atoms with Gasteiger partial charge in [0.05, 0.1) is 0 Å². The molecule has 0 spiro atoms. The Morgan fingerprint density at radius 1 is 0.900 bits per heavy atom. The van der Waals surface area contributed by atoms with Crippen LogP contribution in [-0.4, -0.2) is 6.36 Å². The fraction of sp³-hybridized carbons (Fsp3) is 0.583. The van der Waals surface area contributed by atoms with E-state index in [0.717, 1.165) is 31.6 Å². The predicted octanol–water partition coefficient (Wildman–Crippen LogP) is 8.12. The van der Waals surface area contributed by atoms with Crippen molar-refractivity contribution in [1.82, 2.24) is 0 Å². The number of hydrogen-bond donors (Lipinski definition) is 0. The van der Waals surface area contributed by atoms with Gasteiger partial charge in [0.1, 0.15) is 5.82 Å². The van der Waals surface area contributed by atoms with Crippen molar-refractivity contribution < 1.29 is 26.7 Å². The van der Waals surface area contributed by atoms with E-state index in [-0.39, 0.29) is 16.3 Å². The Labute approximate surface area is 173 Å². The topological polar surface area (TPSA) is 9.23 Å². The van der Waals surface area contributed by atoms with Crippen LogP contribution in [0.15, 0.2) is 24.3 Å². The van der Waals surface area contributed by atoms with Gasteiger partial charge in [-0.05, 0) is 55.8 Å². The molecule has 1 nitrogen and oxygen atoms in total. The normalized spacial score (nSPS) is 27.1. The van der Waals surface area contributed by atoms with Gasteiger partial charge in [-0.15, -0.1) is 13.2 Å². The molecule has 0 aliphatic heterocycles. The van der Waals surface area contributed by atoms with Crippen molar-refractivity contribution >= 4 is 10.8 Å². The molecule has 0 N–H and O–H groups in total. The fourth-order valence-corrected chi connectivity index (χ4v) is 5.85. The number of alkyl halides is 3. The lowest BCUT2D eigenvalue weighted by Crippen LogP contribution is -2.31. The Balaban J connectivity index is 1.68. The van der Waals surface area contributed by atoms with Crippen LogP contribution in [0.4, 0.5) is 22.0 Å². The van der Waals surface area contributed by atoms with Gasteiger partial charge in [-0.25, -0.2) is 8.78 Å². The zero-order chi connectivity index (χ0) is 21.5. The Bertz CT molecular complexity index is 907. The lowest BCUT2D eigenvalue weighted by Gasteiger charge is -2.42. The van der Waals surface area contributed by atoms with Crippen LogP contribution in [0.2, 0.25) is 0 Å². The molecule has 2 aliphatic carbocycles. The number of hydrogen-bond acceptors (Lipinski definition) is 1. The van der Waals surface area contributed by atoms with Gasteiger partial charge in [-0.2, -0.15) is 0 Å². The average Bonchev–Trinajstić information content (AvgIpc) is 2.71. The monoisotopic (exact) mass is 426 g/mol. The van der Waals surface area contributed by atoms with E-state index in [1.165, 1.54) is 37.1 Å². The molecule has 0 amide bonds. The highest BCUT2D eigenvalue weighted by Crippen LogP contribution is 2.50. The van der Waals surface area contributed by atoms with Gasteiger partial charge < -0.3 is 4.74 Å². The number of rotatable bonds is 4. The Kier molecular flexibility index (Phi) is 5.95. The third kappa shape index (κ3) is 4.15.